The first-order chi connectivity index (χ1) is 14.3. The maximum atomic E-state index is 11.2. The van der Waals surface area contributed by atoms with E-state index in [0.29, 0.717) is 23.5 Å². The number of allylic oxidation sites excluding steroid dienone is 3. The van der Waals surface area contributed by atoms with Crippen molar-refractivity contribution < 1.29 is 10.2 Å². The quantitative estimate of drug-likeness (QED) is 0.538. The van der Waals surface area contributed by atoms with Crippen LogP contribution in [0, 0.1) is 5.92 Å². The molecule has 1 aliphatic carbocycles. The second-order valence-electron chi connectivity index (χ2n) is 8.99. The van der Waals surface area contributed by atoms with Crippen molar-refractivity contribution in [3.8, 4) is 0 Å². The molecule has 1 aliphatic heterocycles. The monoisotopic (exact) mass is 452 g/mol. The maximum Gasteiger partial charge on any atom is 0.0884 e. The van der Waals surface area contributed by atoms with Gasteiger partial charge in [-0.15, -0.1) is 0 Å². The zero-order chi connectivity index (χ0) is 21.7. The average molecular weight is 453 g/mol. The van der Waals surface area contributed by atoms with Gasteiger partial charge in [0.2, 0.25) is 0 Å². The molecule has 0 bridgehead atoms. The number of hydrogen-bond donors (Lipinski definition) is 3. The van der Waals surface area contributed by atoms with E-state index in [9.17, 15) is 10.2 Å². The van der Waals surface area contributed by atoms with Crippen molar-refractivity contribution in [3.05, 3.63) is 57.1 Å². The lowest BCUT2D eigenvalue weighted by molar-refractivity contribution is 0.00322. The number of piperidine rings is 1. The van der Waals surface area contributed by atoms with Crippen molar-refractivity contribution in [2.75, 3.05) is 19.6 Å². The highest BCUT2D eigenvalue weighted by atomic mass is 35.5. The molecule has 1 aromatic carbocycles. The van der Waals surface area contributed by atoms with Crippen molar-refractivity contribution in [3.63, 3.8) is 0 Å². The first-order valence-electron chi connectivity index (χ1n) is 10.9. The molecule has 0 spiro atoms. The predicted octanol–water partition coefficient (Wildman–Crippen LogP) is 4.62. The Morgan fingerprint density at radius 3 is 2.37 bits per heavy atom. The maximum absolute atomic E-state index is 11.2. The Kier molecular flexibility index (Phi) is 8.42. The fraction of sp³-hybridized carbons (Fsp3) is 0.583. The summed E-state index contributed by atoms with van der Waals surface area (Å²) in [6, 6.07) is 6.08. The molecule has 1 atom stereocenters. The SMILES string of the molecule is CC(C)[C@H](CN1CCC(O)(C2=CC=C(Cl)CC2)CC1)NCc1cc(Cl)cc(CO)c1. The number of rotatable bonds is 8. The fourth-order valence-electron chi connectivity index (χ4n) is 4.38. The van der Waals surface area contributed by atoms with E-state index in [0.717, 1.165) is 67.0 Å². The molecular weight excluding hydrogens is 419 g/mol. The lowest BCUT2D eigenvalue weighted by atomic mass is 9.80. The van der Waals surface area contributed by atoms with Crippen LogP contribution in [0.2, 0.25) is 5.02 Å². The van der Waals surface area contributed by atoms with E-state index in [2.05, 4.69) is 24.1 Å². The molecule has 1 heterocycles. The summed E-state index contributed by atoms with van der Waals surface area (Å²) in [5.74, 6) is 0.482. The molecule has 1 fully saturated rings. The molecule has 0 radical (unpaired) electrons. The molecule has 4 nitrogen and oxygen atoms in total. The minimum atomic E-state index is -0.688. The number of aliphatic hydroxyl groups is 2. The van der Waals surface area contributed by atoms with Crippen LogP contribution in [-0.4, -0.2) is 46.4 Å². The summed E-state index contributed by atoms with van der Waals surface area (Å²) in [7, 11) is 0. The third kappa shape index (κ3) is 6.32. The lowest BCUT2D eigenvalue weighted by Crippen LogP contribution is -2.50. The van der Waals surface area contributed by atoms with Crippen LogP contribution in [0.4, 0.5) is 0 Å². The summed E-state index contributed by atoms with van der Waals surface area (Å²) in [4.78, 5) is 2.45. The molecule has 3 rings (SSSR count). The van der Waals surface area contributed by atoms with E-state index in [1.54, 1.807) is 6.07 Å². The largest absolute Gasteiger partial charge is 0.392 e. The Morgan fingerprint density at radius 1 is 1.07 bits per heavy atom. The van der Waals surface area contributed by atoms with Crippen LogP contribution >= 0.6 is 23.2 Å². The molecule has 0 unspecified atom stereocenters. The summed E-state index contributed by atoms with van der Waals surface area (Å²) in [5, 5.41) is 25.8. The van der Waals surface area contributed by atoms with Crippen molar-refractivity contribution in [2.24, 2.45) is 5.92 Å². The van der Waals surface area contributed by atoms with E-state index >= 15 is 0 Å². The van der Waals surface area contributed by atoms with Gasteiger partial charge in [-0.1, -0.05) is 49.2 Å². The van der Waals surface area contributed by atoms with Crippen LogP contribution in [0.25, 0.3) is 0 Å². The van der Waals surface area contributed by atoms with Crippen molar-refractivity contribution in [1.29, 1.82) is 0 Å². The molecule has 0 aromatic heterocycles. The fourth-order valence-corrected chi connectivity index (χ4v) is 4.81. The van der Waals surface area contributed by atoms with Gasteiger partial charge in [-0.3, -0.25) is 0 Å². The summed E-state index contributed by atoms with van der Waals surface area (Å²) < 4.78 is 0. The number of hydrogen-bond acceptors (Lipinski definition) is 4. The van der Waals surface area contributed by atoms with Gasteiger partial charge in [0.05, 0.1) is 12.2 Å². The molecule has 1 aromatic rings. The Labute approximate surface area is 190 Å². The number of benzene rings is 1. The van der Waals surface area contributed by atoms with Crippen molar-refractivity contribution >= 4 is 23.2 Å². The summed E-state index contributed by atoms with van der Waals surface area (Å²) in [6.45, 7) is 7.91. The van der Waals surface area contributed by atoms with Gasteiger partial charge in [0, 0.05) is 42.3 Å². The second-order valence-corrected chi connectivity index (χ2v) is 9.92. The van der Waals surface area contributed by atoms with Crippen molar-refractivity contribution in [1.82, 2.24) is 10.2 Å². The van der Waals surface area contributed by atoms with Gasteiger partial charge in [0.15, 0.2) is 0 Å². The van der Waals surface area contributed by atoms with E-state index < -0.39 is 5.60 Å². The molecule has 0 saturated carbocycles. The zero-order valence-corrected chi connectivity index (χ0v) is 19.5. The zero-order valence-electron chi connectivity index (χ0n) is 18.0. The van der Waals surface area contributed by atoms with E-state index in [1.165, 1.54) is 0 Å². The third-order valence-electron chi connectivity index (χ3n) is 6.41. The Balaban J connectivity index is 1.54. The lowest BCUT2D eigenvalue weighted by Gasteiger charge is -2.42. The van der Waals surface area contributed by atoms with Crippen LogP contribution in [0.15, 0.2) is 41.0 Å². The highest BCUT2D eigenvalue weighted by Gasteiger charge is 2.36. The normalized spacial score (nSPS) is 20.8. The molecule has 3 N–H and O–H groups in total. The highest BCUT2D eigenvalue weighted by molar-refractivity contribution is 6.30. The minimum Gasteiger partial charge on any atom is -0.392 e. The van der Waals surface area contributed by atoms with E-state index in [1.807, 2.05) is 24.3 Å². The number of nitrogens with one attached hydrogen (secondary N) is 1. The van der Waals surface area contributed by atoms with Crippen LogP contribution < -0.4 is 5.32 Å². The first-order valence-corrected chi connectivity index (χ1v) is 11.7. The number of halogens is 2. The molecule has 1 saturated heterocycles. The Bertz CT molecular complexity index is 783. The molecule has 0 amide bonds. The number of nitrogens with zero attached hydrogens (tertiary/aromatic N) is 1. The van der Waals surface area contributed by atoms with Gasteiger partial charge in [-0.2, -0.15) is 0 Å². The van der Waals surface area contributed by atoms with Gasteiger partial charge in [-0.05, 0) is 66.5 Å². The summed E-state index contributed by atoms with van der Waals surface area (Å²) >= 11 is 12.3. The molecule has 166 valence electrons. The van der Waals surface area contributed by atoms with Gasteiger partial charge in [0.1, 0.15) is 0 Å². The van der Waals surface area contributed by atoms with Crippen LogP contribution in [-0.2, 0) is 13.2 Å². The van der Waals surface area contributed by atoms with Crippen LogP contribution in [0.3, 0.4) is 0 Å². The Hall–Kier alpha value is -0.880. The number of likely N-dealkylation sites (tertiary alicyclic amines) is 1. The Morgan fingerprint density at radius 2 is 1.77 bits per heavy atom. The topological polar surface area (TPSA) is 55.7 Å². The van der Waals surface area contributed by atoms with Crippen molar-refractivity contribution in [2.45, 2.75) is 64.3 Å². The van der Waals surface area contributed by atoms with Gasteiger partial charge < -0.3 is 20.4 Å². The predicted molar refractivity (Wildman–Crippen MR) is 125 cm³/mol. The first kappa shape index (κ1) is 23.8. The van der Waals surface area contributed by atoms with Gasteiger partial charge in [0.25, 0.3) is 0 Å². The van der Waals surface area contributed by atoms with Crippen LogP contribution in [0.5, 0.6) is 0 Å². The van der Waals surface area contributed by atoms with Crippen LogP contribution in [0.1, 0.15) is 50.7 Å². The average Bonchev–Trinajstić information content (AvgIpc) is 2.72. The van der Waals surface area contributed by atoms with Gasteiger partial charge in [-0.25, -0.2) is 0 Å². The molecule has 6 heteroatoms. The van der Waals surface area contributed by atoms with E-state index in [-0.39, 0.29) is 6.61 Å². The molecule has 2 aliphatic rings. The molecule has 30 heavy (non-hydrogen) atoms. The minimum absolute atomic E-state index is 0.00368. The molecular formula is C24H34Cl2N2O2. The third-order valence-corrected chi connectivity index (χ3v) is 6.94. The standard InChI is InChI=1S/C24H34Cl2N2O2/c1-17(2)23(27-14-18-11-19(16-29)13-22(26)12-18)15-28-9-7-24(30,8-10-28)20-3-5-21(25)6-4-20/h3,5,11-13,17,23,27,29-30H,4,6-10,14-16H2,1-2H3/t23-/m0/s1. The number of aliphatic hydroxyl groups excluding tert-OH is 1. The highest BCUT2D eigenvalue weighted by Crippen LogP contribution is 2.36. The summed E-state index contributed by atoms with van der Waals surface area (Å²) in [6.07, 6.45) is 7.18. The van der Waals surface area contributed by atoms with E-state index in [4.69, 9.17) is 23.2 Å². The summed E-state index contributed by atoms with van der Waals surface area (Å²) in [5.41, 5.74) is 2.36. The smallest absolute Gasteiger partial charge is 0.0884 e. The second kappa shape index (κ2) is 10.6. The van der Waals surface area contributed by atoms with Gasteiger partial charge >= 0.3 is 0 Å².